The molecule has 2 rings (SSSR count). The molecule has 1 aliphatic rings. The fourth-order valence-corrected chi connectivity index (χ4v) is 1.77. The third-order valence-electron chi connectivity index (χ3n) is 2.86. The van der Waals surface area contributed by atoms with Gasteiger partial charge in [-0.3, -0.25) is 0 Å². The maximum atomic E-state index is 4.61. The second-order valence-electron chi connectivity index (χ2n) is 5.97. The van der Waals surface area contributed by atoms with Crippen LogP contribution < -0.4 is 10.6 Å². The van der Waals surface area contributed by atoms with Gasteiger partial charge < -0.3 is 10.6 Å². The predicted molar refractivity (Wildman–Crippen MR) is 72.2 cm³/mol. The first-order valence-electron chi connectivity index (χ1n) is 6.42. The topological polar surface area (TPSA) is 37.0 Å². The molecule has 1 aromatic rings. The van der Waals surface area contributed by atoms with Gasteiger partial charge in [-0.25, -0.2) is 4.98 Å². The number of hydrogen-bond acceptors (Lipinski definition) is 3. The molecule has 0 bridgehead atoms. The first-order chi connectivity index (χ1) is 7.94. The van der Waals surface area contributed by atoms with E-state index in [9.17, 15) is 0 Å². The second-order valence-corrected chi connectivity index (χ2v) is 5.97. The molecule has 3 nitrogen and oxygen atoms in total. The van der Waals surface area contributed by atoms with E-state index in [0.717, 1.165) is 24.1 Å². The average molecular weight is 233 g/mol. The Balaban J connectivity index is 1.99. The molecule has 2 N–H and O–H groups in total. The van der Waals surface area contributed by atoms with Crippen LogP contribution in [0.25, 0.3) is 0 Å². The first-order valence-corrected chi connectivity index (χ1v) is 6.42. The summed E-state index contributed by atoms with van der Waals surface area (Å²) < 4.78 is 0. The Morgan fingerprint density at radius 3 is 2.53 bits per heavy atom. The van der Waals surface area contributed by atoms with Crippen LogP contribution in [0.15, 0.2) is 12.1 Å². The normalized spacial score (nSPS) is 16.0. The van der Waals surface area contributed by atoms with Crippen LogP contribution in [-0.2, 0) is 6.54 Å². The number of hydrogen-bond donors (Lipinski definition) is 2. The summed E-state index contributed by atoms with van der Waals surface area (Å²) in [4.78, 5) is 4.61. The minimum absolute atomic E-state index is 0.0627. The highest BCUT2D eigenvalue weighted by atomic mass is 15.0. The number of nitrogens with one attached hydrogen (secondary N) is 2. The summed E-state index contributed by atoms with van der Waals surface area (Å²) in [5.74, 6) is 0.963. The summed E-state index contributed by atoms with van der Waals surface area (Å²) >= 11 is 0. The van der Waals surface area contributed by atoms with Crippen LogP contribution in [0.5, 0.6) is 0 Å². The maximum absolute atomic E-state index is 4.61. The third-order valence-corrected chi connectivity index (χ3v) is 2.86. The monoisotopic (exact) mass is 233 g/mol. The van der Waals surface area contributed by atoms with Gasteiger partial charge in [0.15, 0.2) is 0 Å². The van der Waals surface area contributed by atoms with Crippen LogP contribution in [0.3, 0.4) is 0 Å². The molecule has 0 atom stereocenters. The molecule has 0 radical (unpaired) electrons. The van der Waals surface area contributed by atoms with Gasteiger partial charge in [0.05, 0.1) is 0 Å². The van der Waals surface area contributed by atoms with Crippen LogP contribution in [0.1, 0.15) is 44.9 Å². The lowest BCUT2D eigenvalue weighted by Gasteiger charge is -2.22. The summed E-state index contributed by atoms with van der Waals surface area (Å²) in [5.41, 5.74) is 2.48. The highest BCUT2D eigenvalue weighted by Gasteiger charge is 2.20. The number of aryl methyl sites for hydroxylation is 1. The van der Waals surface area contributed by atoms with Crippen molar-refractivity contribution in [3.05, 3.63) is 23.4 Å². The molecule has 1 heterocycles. The third kappa shape index (κ3) is 4.00. The lowest BCUT2D eigenvalue weighted by atomic mass is 10.1. The molecule has 0 unspecified atom stereocenters. The maximum Gasteiger partial charge on any atom is 0.126 e. The molecular formula is C14H23N3. The zero-order valence-electron chi connectivity index (χ0n) is 11.3. The van der Waals surface area contributed by atoms with Crippen molar-refractivity contribution < 1.29 is 0 Å². The quantitative estimate of drug-likeness (QED) is 0.839. The van der Waals surface area contributed by atoms with Crippen LogP contribution in [0.2, 0.25) is 0 Å². The lowest BCUT2D eigenvalue weighted by molar-refractivity contribution is 0.629. The largest absolute Gasteiger partial charge is 0.365 e. The molecule has 1 aliphatic carbocycles. The highest BCUT2D eigenvalue weighted by Crippen LogP contribution is 2.20. The number of anilines is 1. The lowest BCUT2D eigenvalue weighted by Crippen LogP contribution is -2.27. The predicted octanol–water partition coefficient (Wildman–Crippen LogP) is 2.85. The van der Waals surface area contributed by atoms with Gasteiger partial charge in [-0.2, -0.15) is 0 Å². The van der Waals surface area contributed by atoms with Crippen molar-refractivity contribution >= 4 is 5.82 Å². The molecule has 0 spiro atoms. The van der Waals surface area contributed by atoms with Gasteiger partial charge in [-0.05, 0) is 52.2 Å². The molecule has 1 fully saturated rings. The number of pyridine rings is 1. The van der Waals surface area contributed by atoms with Crippen molar-refractivity contribution in [1.82, 2.24) is 10.3 Å². The molecular weight excluding hydrogens is 210 g/mol. The molecule has 1 saturated carbocycles. The summed E-state index contributed by atoms with van der Waals surface area (Å²) in [5, 5.41) is 6.92. The van der Waals surface area contributed by atoms with E-state index >= 15 is 0 Å². The van der Waals surface area contributed by atoms with E-state index in [-0.39, 0.29) is 5.54 Å². The van der Waals surface area contributed by atoms with E-state index in [4.69, 9.17) is 0 Å². The molecule has 0 aliphatic heterocycles. The Morgan fingerprint density at radius 1 is 1.29 bits per heavy atom. The summed E-state index contributed by atoms with van der Waals surface area (Å²) in [6, 6.07) is 5.00. The summed E-state index contributed by atoms with van der Waals surface area (Å²) in [6.07, 6.45) is 2.66. The molecule has 94 valence electrons. The molecule has 0 aromatic carbocycles. The number of rotatable bonds is 4. The fraction of sp³-hybridized carbons (Fsp3) is 0.643. The number of nitrogens with zero attached hydrogens (tertiary/aromatic N) is 1. The van der Waals surface area contributed by atoms with Gasteiger partial charge in [0.2, 0.25) is 0 Å². The zero-order chi connectivity index (χ0) is 12.5. The Hall–Kier alpha value is -1.09. The Kier molecular flexibility index (Phi) is 3.38. The van der Waals surface area contributed by atoms with Crippen LogP contribution >= 0.6 is 0 Å². The van der Waals surface area contributed by atoms with E-state index in [1.54, 1.807) is 0 Å². The Bertz CT molecular complexity index is 389. The van der Waals surface area contributed by atoms with Gasteiger partial charge in [-0.15, -0.1) is 0 Å². The van der Waals surface area contributed by atoms with Gasteiger partial charge in [0, 0.05) is 23.8 Å². The first kappa shape index (κ1) is 12.4. The fourth-order valence-electron chi connectivity index (χ4n) is 1.77. The molecule has 0 saturated heterocycles. The van der Waals surface area contributed by atoms with Gasteiger partial charge in [0.25, 0.3) is 0 Å². The number of aromatic nitrogens is 1. The minimum atomic E-state index is 0.0627. The molecule has 3 heteroatoms. The second kappa shape index (κ2) is 4.65. The van der Waals surface area contributed by atoms with E-state index in [1.807, 2.05) is 0 Å². The zero-order valence-corrected chi connectivity index (χ0v) is 11.3. The summed E-state index contributed by atoms with van der Waals surface area (Å²) in [7, 11) is 0. The SMILES string of the molecule is Cc1nc(NC(C)(C)C)ccc1CNC1CC1. The van der Waals surface area contributed by atoms with Crippen LogP contribution in [-0.4, -0.2) is 16.6 Å². The van der Waals surface area contributed by atoms with Crippen molar-refractivity contribution in [2.45, 2.75) is 58.7 Å². The smallest absolute Gasteiger partial charge is 0.126 e. The van der Waals surface area contributed by atoms with Crippen LogP contribution in [0, 0.1) is 6.92 Å². The van der Waals surface area contributed by atoms with Crippen LogP contribution in [0.4, 0.5) is 5.82 Å². The van der Waals surface area contributed by atoms with E-state index in [0.29, 0.717) is 0 Å². The van der Waals surface area contributed by atoms with Gasteiger partial charge in [0.1, 0.15) is 5.82 Å². The van der Waals surface area contributed by atoms with E-state index < -0.39 is 0 Å². The van der Waals surface area contributed by atoms with E-state index in [1.165, 1.54) is 18.4 Å². The molecule has 0 amide bonds. The van der Waals surface area contributed by atoms with Crippen molar-refractivity contribution in [1.29, 1.82) is 0 Å². The summed E-state index contributed by atoms with van der Waals surface area (Å²) in [6.45, 7) is 9.46. The minimum Gasteiger partial charge on any atom is -0.365 e. The Labute approximate surface area is 104 Å². The van der Waals surface area contributed by atoms with E-state index in [2.05, 4.69) is 55.4 Å². The highest BCUT2D eigenvalue weighted by molar-refractivity contribution is 5.40. The van der Waals surface area contributed by atoms with Crippen molar-refractivity contribution in [3.8, 4) is 0 Å². The standard InChI is InChI=1S/C14H23N3/c1-10-11(9-15-12-6-7-12)5-8-13(16-10)17-14(2,3)4/h5,8,12,15H,6-7,9H2,1-4H3,(H,16,17). The van der Waals surface area contributed by atoms with Crippen molar-refractivity contribution in [3.63, 3.8) is 0 Å². The van der Waals surface area contributed by atoms with Crippen molar-refractivity contribution in [2.75, 3.05) is 5.32 Å². The Morgan fingerprint density at radius 2 is 2.00 bits per heavy atom. The van der Waals surface area contributed by atoms with Gasteiger partial charge in [-0.1, -0.05) is 6.07 Å². The average Bonchev–Trinajstić information content (AvgIpc) is 2.97. The molecule has 1 aromatic heterocycles. The molecule has 17 heavy (non-hydrogen) atoms. The van der Waals surface area contributed by atoms with Crippen molar-refractivity contribution in [2.24, 2.45) is 0 Å². The van der Waals surface area contributed by atoms with Gasteiger partial charge >= 0.3 is 0 Å².